The smallest absolute Gasteiger partial charge is 0.408 e. The van der Waals surface area contributed by atoms with Gasteiger partial charge in [-0.25, -0.2) is 0 Å². The Labute approximate surface area is 130 Å². The second kappa shape index (κ2) is 7.06. The van der Waals surface area contributed by atoms with Crippen LogP contribution in [-0.2, 0) is 11.2 Å². The van der Waals surface area contributed by atoms with E-state index in [4.69, 9.17) is 9.52 Å². The molecule has 8 heteroatoms. The fraction of sp³-hybridized carbons (Fsp3) is 0.600. The highest BCUT2D eigenvalue weighted by atomic mass is 19.4. The van der Waals surface area contributed by atoms with Crippen molar-refractivity contribution in [2.45, 2.75) is 50.7 Å². The van der Waals surface area contributed by atoms with E-state index in [0.717, 1.165) is 12.7 Å². The maximum atomic E-state index is 13.3. The molecule has 2 N–H and O–H groups in total. The van der Waals surface area contributed by atoms with Crippen LogP contribution in [0.2, 0.25) is 0 Å². The quantitative estimate of drug-likeness (QED) is 0.867. The molecule has 1 heterocycles. The van der Waals surface area contributed by atoms with E-state index < -0.39 is 36.4 Å². The summed E-state index contributed by atoms with van der Waals surface area (Å²) >= 11 is 0. The summed E-state index contributed by atoms with van der Waals surface area (Å²) in [5, 5.41) is 10.8. The van der Waals surface area contributed by atoms with Crippen LogP contribution in [-0.4, -0.2) is 29.2 Å². The summed E-state index contributed by atoms with van der Waals surface area (Å²) in [6, 6.07) is -0.745. The lowest BCUT2D eigenvalue weighted by molar-refractivity contribution is -0.167. The van der Waals surface area contributed by atoms with E-state index in [9.17, 15) is 22.8 Å². The van der Waals surface area contributed by atoms with Gasteiger partial charge in [0.25, 0.3) is 5.91 Å². The van der Waals surface area contributed by atoms with Crippen molar-refractivity contribution in [2.75, 3.05) is 0 Å². The molecule has 2 rings (SSSR count). The molecule has 0 saturated heterocycles. The molecule has 1 aromatic heterocycles. The van der Waals surface area contributed by atoms with Crippen molar-refractivity contribution in [3.05, 3.63) is 23.7 Å². The molecule has 128 valence electrons. The number of hydrogen-bond donors (Lipinski definition) is 2. The lowest BCUT2D eigenvalue weighted by Crippen LogP contribution is -2.50. The van der Waals surface area contributed by atoms with Crippen LogP contribution in [0.3, 0.4) is 0 Å². The first-order valence-electron chi connectivity index (χ1n) is 7.44. The van der Waals surface area contributed by atoms with Gasteiger partial charge in [-0.2, -0.15) is 13.2 Å². The highest BCUT2D eigenvalue weighted by Crippen LogP contribution is 2.34. The number of aliphatic carboxylic acids is 1. The molecule has 0 aromatic carbocycles. The number of carbonyl (C=O) groups excluding carboxylic acids is 1. The topological polar surface area (TPSA) is 79.5 Å². The van der Waals surface area contributed by atoms with Crippen molar-refractivity contribution in [1.29, 1.82) is 0 Å². The molecule has 23 heavy (non-hydrogen) atoms. The zero-order chi connectivity index (χ0) is 17.0. The molecule has 0 bridgehead atoms. The first kappa shape index (κ1) is 17.4. The van der Waals surface area contributed by atoms with Crippen LogP contribution in [0.15, 0.2) is 16.7 Å². The molecule has 1 unspecified atom stereocenters. The Bertz CT molecular complexity index is 561. The van der Waals surface area contributed by atoms with Crippen molar-refractivity contribution in [3.8, 4) is 0 Å². The van der Waals surface area contributed by atoms with Crippen LogP contribution in [0, 0.1) is 5.92 Å². The van der Waals surface area contributed by atoms with Crippen molar-refractivity contribution in [3.63, 3.8) is 0 Å². The van der Waals surface area contributed by atoms with Gasteiger partial charge in [0, 0.05) is 0 Å². The van der Waals surface area contributed by atoms with Crippen LogP contribution in [0.25, 0.3) is 0 Å². The van der Waals surface area contributed by atoms with Gasteiger partial charge in [-0.3, -0.25) is 9.59 Å². The number of carboxylic acids is 1. The zero-order valence-electron chi connectivity index (χ0n) is 12.4. The predicted octanol–water partition coefficient (Wildman–Crippen LogP) is 3.15. The summed E-state index contributed by atoms with van der Waals surface area (Å²) in [5.74, 6) is -2.99. The number of amides is 1. The van der Waals surface area contributed by atoms with Gasteiger partial charge in [-0.15, -0.1) is 0 Å². The van der Waals surface area contributed by atoms with Crippen molar-refractivity contribution in [2.24, 2.45) is 5.92 Å². The molecule has 1 atom stereocenters. The molecule has 5 nitrogen and oxygen atoms in total. The maximum absolute atomic E-state index is 13.3. The highest BCUT2D eigenvalue weighted by molar-refractivity contribution is 5.96. The minimum absolute atomic E-state index is 0.153. The molecule has 0 radical (unpaired) electrons. The number of nitrogens with one attached hydrogen (secondary N) is 1. The zero-order valence-corrected chi connectivity index (χ0v) is 12.4. The SMILES string of the molecule is O=C(O)Cc1occc1C(=O)NC(C1CCCCC1)C(F)(F)F. The van der Waals surface area contributed by atoms with Crippen molar-refractivity contribution < 1.29 is 32.3 Å². The molecule has 0 aliphatic heterocycles. The number of alkyl halides is 3. The third kappa shape index (κ3) is 4.49. The summed E-state index contributed by atoms with van der Waals surface area (Å²) in [6.07, 6.45) is -0.859. The standard InChI is InChI=1S/C15H18F3NO4/c16-15(17,18)13(9-4-2-1-3-5-9)19-14(22)10-6-7-23-11(10)8-12(20)21/h6-7,9,13H,1-5,8H2,(H,19,22)(H,20,21). The lowest BCUT2D eigenvalue weighted by atomic mass is 9.83. The number of halogens is 3. The monoisotopic (exact) mass is 333 g/mol. The average Bonchev–Trinajstić information content (AvgIpc) is 2.91. The lowest BCUT2D eigenvalue weighted by Gasteiger charge is -2.32. The number of rotatable bonds is 5. The van der Waals surface area contributed by atoms with Crippen LogP contribution < -0.4 is 5.32 Å². The van der Waals surface area contributed by atoms with Crippen molar-refractivity contribution >= 4 is 11.9 Å². The van der Waals surface area contributed by atoms with E-state index in [1.807, 2.05) is 5.32 Å². The summed E-state index contributed by atoms with van der Waals surface area (Å²) in [4.78, 5) is 22.8. The third-order valence-electron chi connectivity index (χ3n) is 4.06. The fourth-order valence-electron chi connectivity index (χ4n) is 2.97. The second-order valence-corrected chi connectivity index (χ2v) is 5.72. The van der Waals surface area contributed by atoms with E-state index in [1.54, 1.807) is 0 Å². The van der Waals surface area contributed by atoms with Gasteiger partial charge in [0.2, 0.25) is 0 Å². The van der Waals surface area contributed by atoms with Crippen molar-refractivity contribution in [1.82, 2.24) is 5.32 Å². The average molecular weight is 333 g/mol. The minimum atomic E-state index is -4.55. The number of hydrogen-bond acceptors (Lipinski definition) is 3. The number of carboxylic acid groups (broad SMARTS) is 1. The molecular weight excluding hydrogens is 315 g/mol. The molecule has 1 saturated carbocycles. The Morgan fingerprint density at radius 1 is 1.30 bits per heavy atom. The first-order chi connectivity index (χ1) is 10.8. The Hall–Kier alpha value is -1.99. The second-order valence-electron chi connectivity index (χ2n) is 5.72. The predicted molar refractivity (Wildman–Crippen MR) is 73.9 cm³/mol. The molecule has 0 spiro atoms. The molecule has 1 aromatic rings. The fourth-order valence-corrected chi connectivity index (χ4v) is 2.97. The van der Waals surface area contributed by atoms with E-state index in [-0.39, 0.29) is 11.3 Å². The van der Waals surface area contributed by atoms with Gasteiger partial charge in [-0.1, -0.05) is 19.3 Å². The molecule has 1 aliphatic carbocycles. The van der Waals surface area contributed by atoms with Crippen LogP contribution in [0.5, 0.6) is 0 Å². The van der Waals surface area contributed by atoms with Crippen LogP contribution in [0.1, 0.15) is 48.2 Å². The van der Waals surface area contributed by atoms with Gasteiger partial charge < -0.3 is 14.8 Å². The summed E-state index contributed by atoms with van der Waals surface area (Å²) in [7, 11) is 0. The Morgan fingerprint density at radius 3 is 2.52 bits per heavy atom. The maximum Gasteiger partial charge on any atom is 0.408 e. The Morgan fingerprint density at radius 2 is 1.96 bits per heavy atom. The Balaban J connectivity index is 2.14. The largest absolute Gasteiger partial charge is 0.481 e. The van der Waals surface area contributed by atoms with Crippen LogP contribution >= 0.6 is 0 Å². The van der Waals surface area contributed by atoms with Crippen LogP contribution in [0.4, 0.5) is 13.2 Å². The number of carbonyl (C=O) groups is 2. The normalized spacial score (nSPS) is 17.7. The van der Waals surface area contributed by atoms with Gasteiger partial charge in [0.05, 0.1) is 11.8 Å². The van der Waals surface area contributed by atoms with E-state index in [2.05, 4.69) is 0 Å². The molecule has 1 fully saturated rings. The van der Waals surface area contributed by atoms with Gasteiger partial charge >= 0.3 is 12.1 Å². The van der Waals surface area contributed by atoms with Gasteiger partial charge in [-0.05, 0) is 24.8 Å². The number of furan rings is 1. The van der Waals surface area contributed by atoms with Gasteiger partial charge in [0.1, 0.15) is 18.2 Å². The molecule has 1 aliphatic rings. The summed E-state index contributed by atoms with van der Waals surface area (Å²) in [6.45, 7) is 0. The third-order valence-corrected chi connectivity index (χ3v) is 4.06. The van der Waals surface area contributed by atoms with E-state index in [1.165, 1.54) is 6.07 Å². The highest BCUT2D eigenvalue weighted by Gasteiger charge is 2.46. The van der Waals surface area contributed by atoms with Gasteiger partial charge in [0.15, 0.2) is 0 Å². The Kier molecular flexibility index (Phi) is 5.33. The molecule has 1 amide bonds. The molecular formula is C15H18F3NO4. The minimum Gasteiger partial charge on any atom is -0.481 e. The first-order valence-corrected chi connectivity index (χ1v) is 7.44. The van der Waals surface area contributed by atoms with E-state index >= 15 is 0 Å². The van der Waals surface area contributed by atoms with E-state index in [0.29, 0.717) is 25.7 Å². The summed E-state index contributed by atoms with van der Waals surface area (Å²) < 4.78 is 44.7. The summed E-state index contributed by atoms with van der Waals surface area (Å²) in [5.41, 5.74) is -0.169.